The molecule has 0 atom stereocenters. The molecule has 0 heteroatoms. The van der Waals surface area contributed by atoms with Crippen LogP contribution in [0.5, 0.6) is 0 Å². The van der Waals surface area contributed by atoms with Crippen LogP contribution in [0.1, 0.15) is 105 Å². The molecule has 3 aromatic carbocycles. The summed E-state index contributed by atoms with van der Waals surface area (Å²) in [5.74, 6) is 0. The van der Waals surface area contributed by atoms with Crippen LogP contribution in [0.15, 0.2) is 60.7 Å². The van der Waals surface area contributed by atoms with Crippen molar-refractivity contribution in [3.63, 3.8) is 0 Å². The summed E-state index contributed by atoms with van der Waals surface area (Å²) in [6.07, 6.45) is 0. The standard InChI is InChI=1S/C34H46/c1-31(2,3)25-18-14-19-26(32(4,5)6)29(25)23-16-13-17-24(22-23)30-27(33(7,8)9)20-15-21-28(30)34(10,11)12/h13-22H,1-12H3. The van der Waals surface area contributed by atoms with Gasteiger partial charge in [0.25, 0.3) is 0 Å². The molecule has 0 nitrogen and oxygen atoms in total. The lowest BCUT2D eigenvalue weighted by molar-refractivity contribution is 0.572. The molecule has 0 bridgehead atoms. The predicted octanol–water partition coefficient (Wildman–Crippen LogP) is 10.2. The lowest BCUT2D eigenvalue weighted by Crippen LogP contribution is -2.19. The second-order valence-electron chi connectivity index (χ2n) is 14.0. The van der Waals surface area contributed by atoms with E-state index in [2.05, 4.69) is 144 Å². The summed E-state index contributed by atoms with van der Waals surface area (Å²) in [5.41, 5.74) is 11.3. The van der Waals surface area contributed by atoms with Gasteiger partial charge in [0.05, 0.1) is 0 Å². The van der Waals surface area contributed by atoms with E-state index in [0.29, 0.717) is 0 Å². The first-order valence-corrected chi connectivity index (χ1v) is 12.8. The Kier molecular flexibility index (Phi) is 6.73. The van der Waals surface area contributed by atoms with Crippen molar-refractivity contribution in [2.45, 2.75) is 105 Å². The fourth-order valence-corrected chi connectivity index (χ4v) is 5.06. The zero-order valence-corrected chi connectivity index (χ0v) is 23.8. The minimum Gasteiger partial charge on any atom is -0.0616 e. The average Bonchev–Trinajstić information content (AvgIpc) is 2.70. The van der Waals surface area contributed by atoms with Gasteiger partial charge in [-0.1, -0.05) is 138 Å². The lowest BCUT2D eigenvalue weighted by atomic mass is 9.72. The zero-order valence-electron chi connectivity index (χ0n) is 23.8. The van der Waals surface area contributed by atoms with Crippen molar-refractivity contribution in [3.8, 4) is 22.3 Å². The fraction of sp³-hybridized carbons (Fsp3) is 0.471. The summed E-state index contributed by atoms with van der Waals surface area (Å²) < 4.78 is 0. The van der Waals surface area contributed by atoms with Gasteiger partial charge in [0, 0.05) is 0 Å². The summed E-state index contributed by atoms with van der Waals surface area (Å²) in [6.45, 7) is 27.9. The lowest BCUT2D eigenvalue weighted by Gasteiger charge is -2.32. The largest absolute Gasteiger partial charge is 0.0616 e. The summed E-state index contributed by atoms with van der Waals surface area (Å²) in [6, 6.07) is 23.1. The van der Waals surface area contributed by atoms with Crippen molar-refractivity contribution in [1.29, 1.82) is 0 Å². The first-order valence-electron chi connectivity index (χ1n) is 12.8. The molecular formula is C34H46. The molecule has 3 rings (SSSR count). The van der Waals surface area contributed by atoms with E-state index in [-0.39, 0.29) is 21.7 Å². The Morgan fingerprint density at radius 1 is 0.353 bits per heavy atom. The minimum atomic E-state index is 0.0620. The van der Waals surface area contributed by atoms with Gasteiger partial charge in [0.2, 0.25) is 0 Å². The molecule has 3 aromatic rings. The number of hydrogen-bond acceptors (Lipinski definition) is 0. The summed E-state index contributed by atoms with van der Waals surface area (Å²) in [4.78, 5) is 0. The molecule has 34 heavy (non-hydrogen) atoms. The van der Waals surface area contributed by atoms with E-state index in [1.165, 1.54) is 44.5 Å². The molecule has 0 spiro atoms. The SMILES string of the molecule is CC(C)(C)c1cccc(C(C)(C)C)c1-c1cccc(-c2c(C(C)(C)C)cccc2C(C)(C)C)c1. The van der Waals surface area contributed by atoms with Gasteiger partial charge in [0.15, 0.2) is 0 Å². The topological polar surface area (TPSA) is 0 Å². The zero-order chi connectivity index (χ0) is 25.7. The van der Waals surface area contributed by atoms with E-state index in [1.807, 2.05) is 0 Å². The molecule has 0 unspecified atom stereocenters. The van der Waals surface area contributed by atoms with Crippen LogP contribution >= 0.6 is 0 Å². The molecule has 0 aliphatic carbocycles. The van der Waals surface area contributed by atoms with Crippen LogP contribution in [-0.2, 0) is 21.7 Å². The van der Waals surface area contributed by atoms with Crippen molar-refractivity contribution < 1.29 is 0 Å². The quantitative estimate of drug-likeness (QED) is 0.361. The average molecular weight is 455 g/mol. The molecule has 0 saturated carbocycles. The van der Waals surface area contributed by atoms with Gasteiger partial charge in [-0.2, -0.15) is 0 Å². The highest BCUT2D eigenvalue weighted by atomic mass is 14.3. The maximum absolute atomic E-state index is 2.44. The first kappa shape index (κ1) is 26.3. The third-order valence-corrected chi connectivity index (χ3v) is 6.80. The highest BCUT2D eigenvalue weighted by molar-refractivity contribution is 5.81. The molecule has 182 valence electrons. The van der Waals surface area contributed by atoms with Crippen molar-refractivity contribution in [3.05, 3.63) is 82.9 Å². The van der Waals surface area contributed by atoms with Crippen molar-refractivity contribution in [2.24, 2.45) is 0 Å². The highest BCUT2D eigenvalue weighted by Gasteiger charge is 2.28. The molecular weight excluding hydrogens is 408 g/mol. The highest BCUT2D eigenvalue weighted by Crippen LogP contribution is 2.44. The molecule has 0 aliphatic heterocycles. The summed E-state index contributed by atoms with van der Waals surface area (Å²) >= 11 is 0. The van der Waals surface area contributed by atoms with Gasteiger partial charge < -0.3 is 0 Å². The minimum absolute atomic E-state index is 0.0620. The van der Waals surface area contributed by atoms with Crippen molar-refractivity contribution >= 4 is 0 Å². The van der Waals surface area contributed by atoms with Gasteiger partial charge in [0.1, 0.15) is 0 Å². The van der Waals surface area contributed by atoms with Crippen LogP contribution in [0.4, 0.5) is 0 Å². The fourth-order valence-electron chi connectivity index (χ4n) is 5.06. The second-order valence-corrected chi connectivity index (χ2v) is 14.0. The van der Waals surface area contributed by atoms with Crippen LogP contribution in [-0.4, -0.2) is 0 Å². The van der Waals surface area contributed by atoms with Crippen LogP contribution < -0.4 is 0 Å². The van der Waals surface area contributed by atoms with Crippen LogP contribution in [0.2, 0.25) is 0 Å². The maximum Gasteiger partial charge on any atom is -0.0109 e. The summed E-state index contributed by atoms with van der Waals surface area (Å²) in [7, 11) is 0. The van der Waals surface area contributed by atoms with Gasteiger partial charge in [-0.15, -0.1) is 0 Å². The second kappa shape index (κ2) is 8.71. The Balaban J connectivity index is 2.40. The molecule has 0 fully saturated rings. The third-order valence-electron chi connectivity index (χ3n) is 6.80. The number of rotatable bonds is 2. The number of benzene rings is 3. The molecule has 0 saturated heterocycles. The Morgan fingerprint density at radius 2 is 0.588 bits per heavy atom. The molecule has 0 aromatic heterocycles. The van der Waals surface area contributed by atoms with E-state index < -0.39 is 0 Å². The Labute approximate surface area is 209 Å². The van der Waals surface area contributed by atoms with Crippen LogP contribution in [0.3, 0.4) is 0 Å². The molecule has 0 heterocycles. The van der Waals surface area contributed by atoms with Gasteiger partial charge in [-0.3, -0.25) is 0 Å². The first-order chi connectivity index (χ1) is 15.4. The molecule has 0 radical (unpaired) electrons. The van der Waals surface area contributed by atoms with Gasteiger partial charge in [-0.05, 0) is 72.2 Å². The van der Waals surface area contributed by atoms with E-state index in [4.69, 9.17) is 0 Å². The van der Waals surface area contributed by atoms with Crippen molar-refractivity contribution in [1.82, 2.24) is 0 Å². The Hall–Kier alpha value is -2.34. The maximum atomic E-state index is 2.44. The van der Waals surface area contributed by atoms with Crippen molar-refractivity contribution in [2.75, 3.05) is 0 Å². The van der Waals surface area contributed by atoms with Crippen LogP contribution in [0.25, 0.3) is 22.3 Å². The van der Waals surface area contributed by atoms with E-state index in [0.717, 1.165) is 0 Å². The normalized spacial score (nSPS) is 13.3. The summed E-state index contributed by atoms with van der Waals surface area (Å²) in [5, 5.41) is 0. The number of hydrogen-bond donors (Lipinski definition) is 0. The molecule has 0 aliphatic rings. The monoisotopic (exact) mass is 454 g/mol. The molecule has 0 N–H and O–H groups in total. The Morgan fingerprint density at radius 3 is 0.824 bits per heavy atom. The van der Waals surface area contributed by atoms with Gasteiger partial charge >= 0.3 is 0 Å². The predicted molar refractivity (Wildman–Crippen MR) is 152 cm³/mol. The third kappa shape index (κ3) is 5.32. The van der Waals surface area contributed by atoms with E-state index >= 15 is 0 Å². The molecule has 0 amide bonds. The van der Waals surface area contributed by atoms with Gasteiger partial charge in [-0.25, -0.2) is 0 Å². The smallest absolute Gasteiger partial charge is 0.0109 e. The van der Waals surface area contributed by atoms with E-state index in [1.54, 1.807) is 0 Å². The van der Waals surface area contributed by atoms with Crippen LogP contribution in [0, 0.1) is 0 Å². The van der Waals surface area contributed by atoms with E-state index in [9.17, 15) is 0 Å². The Bertz CT molecular complexity index is 1010.